The highest BCUT2D eigenvalue weighted by molar-refractivity contribution is 5.93. The number of non-ortho nitro benzene ring substituents is 1. The molecule has 0 amide bonds. The number of fused-ring (bicyclic) bond motifs is 1. The Labute approximate surface area is 111 Å². The van der Waals surface area contributed by atoms with Crippen LogP contribution >= 0.6 is 0 Å². The summed E-state index contributed by atoms with van der Waals surface area (Å²) in [5.74, 6) is 0. The van der Waals surface area contributed by atoms with Crippen LogP contribution in [-0.2, 0) is 6.42 Å². The Kier molecular flexibility index (Phi) is 3.66. The fourth-order valence-corrected chi connectivity index (χ4v) is 2.19. The number of nitro benzene ring substituents is 1. The molecule has 0 saturated heterocycles. The third-order valence-electron chi connectivity index (χ3n) is 3.30. The third kappa shape index (κ3) is 2.51. The van der Waals surface area contributed by atoms with Crippen LogP contribution in [0.1, 0.15) is 24.5 Å². The number of rotatable bonds is 5. The number of aromatic nitrogens is 1. The van der Waals surface area contributed by atoms with Crippen LogP contribution in [0.2, 0.25) is 0 Å². The van der Waals surface area contributed by atoms with Gasteiger partial charge in [-0.05, 0) is 30.0 Å². The minimum Gasteiger partial charge on any atom is -0.361 e. The second kappa shape index (κ2) is 5.24. The summed E-state index contributed by atoms with van der Waals surface area (Å²) in [5, 5.41) is 11.9. The summed E-state index contributed by atoms with van der Waals surface area (Å²) in [7, 11) is 0. The van der Waals surface area contributed by atoms with Crippen molar-refractivity contribution in [2.75, 3.05) is 0 Å². The Hall–Kier alpha value is -2.14. The molecule has 0 bridgehead atoms. The Morgan fingerprint density at radius 3 is 2.89 bits per heavy atom. The number of nitrogens with one attached hydrogen (secondary N) is 1. The van der Waals surface area contributed by atoms with Crippen LogP contribution in [0.3, 0.4) is 0 Å². The molecule has 1 aromatic heterocycles. The smallest absolute Gasteiger partial charge is 0.279 e. The standard InChI is InChI=1S/C14H17N3O2/c1-3-9-5-12-14(13(6-9)17(18)19)10(8-16-12)7-11(15)4-2/h3,5-6,8,11,16H,1,4,7,15H2,2H3. The van der Waals surface area contributed by atoms with E-state index in [0.717, 1.165) is 23.1 Å². The molecule has 0 radical (unpaired) electrons. The molecule has 5 nitrogen and oxygen atoms in total. The Balaban J connectivity index is 2.62. The molecule has 1 atom stereocenters. The summed E-state index contributed by atoms with van der Waals surface area (Å²) < 4.78 is 0. The van der Waals surface area contributed by atoms with Crippen LogP contribution in [0.5, 0.6) is 0 Å². The minimum absolute atomic E-state index is 0.0117. The van der Waals surface area contributed by atoms with Crippen LogP contribution in [-0.4, -0.2) is 15.9 Å². The maximum atomic E-state index is 11.2. The first-order valence-corrected chi connectivity index (χ1v) is 6.23. The third-order valence-corrected chi connectivity index (χ3v) is 3.30. The molecule has 0 aliphatic heterocycles. The van der Waals surface area contributed by atoms with Gasteiger partial charge in [-0.3, -0.25) is 10.1 Å². The maximum absolute atomic E-state index is 11.2. The van der Waals surface area contributed by atoms with Gasteiger partial charge >= 0.3 is 0 Å². The molecule has 19 heavy (non-hydrogen) atoms. The molecule has 5 heteroatoms. The Morgan fingerprint density at radius 2 is 2.32 bits per heavy atom. The van der Waals surface area contributed by atoms with E-state index in [1.807, 2.05) is 13.0 Å². The number of aromatic amines is 1. The summed E-state index contributed by atoms with van der Waals surface area (Å²) >= 11 is 0. The fraction of sp³-hybridized carbons (Fsp3) is 0.286. The highest BCUT2D eigenvalue weighted by Gasteiger charge is 2.19. The Morgan fingerprint density at radius 1 is 1.58 bits per heavy atom. The van der Waals surface area contributed by atoms with Crippen molar-refractivity contribution in [2.45, 2.75) is 25.8 Å². The van der Waals surface area contributed by atoms with E-state index in [1.54, 1.807) is 18.3 Å². The average Bonchev–Trinajstić information content (AvgIpc) is 2.80. The molecule has 1 unspecified atom stereocenters. The van der Waals surface area contributed by atoms with Gasteiger partial charge in [0.05, 0.1) is 15.8 Å². The van der Waals surface area contributed by atoms with Gasteiger partial charge in [-0.25, -0.2) is 0 Å². The van der Waals surface area contributed by atoms with E-state index in [0.29, 0.717) is 11.8 Å². The number of benzene rings is 1. The highest BCUT2D eigenvalue weighted by atomic mass is 16.6. The fourth-order valence-electron chi connectivity index (χ4n) is 2.19. The van der Waals surface area contributed by atoms with Crippen molar-refractivity contribution in [1.82, 2.24) is 4.98 Å². The van der Waals surface area contributed by atoms with E-state index >= 15 is 0 Å². The van der Waals surface area contributed by atoms with Crippen LogP contribution in [0.4, 0.5) is 5.69 Å². The van der Waals surface area contributed by atoms with E-state index in [2.05, 4.69) is 11.6 Å². The number of hydrogen-bond donors (Lipinski definition) is 2. The quantitative estimate of drug-likeness (QED) is 0.639. The predicted molar refractivity (Wildman–Crippen MR) is 77.0 cm³/mol. The lowest BCUT2D eigenvalue weighted by molar-refractivity contribution is -0.383. The van der Waals surface area contributed by atoms with Gasteiger partial charge in [0.25, 0.3) is 5.69 Å². The summed E-state index contributed by atoms with van der Waals surface area (Å²) in [5.41, 5.74) is 8.42. The van der Waals surface area contributed by atoms with Gasteiger partial charge in [0.1, 0.15) is 0 Å². The normalized spacial score (nSPS) is 12.5. The first kappa shape index (κ1) is 13.3. The summed E-state index contributed by atoms with van der Waals surface area (Å²) in [6.45, 7) is 5.65. The van der Waals surface area contributed by atoms with Crippen molar-refractivity contribution >= 4 is 22.7 Å². The zero-order valence-electron chi connectivity index (χ0n) is 10.8. The zero-order chi connectivity index (χ0) is 14.0. The van der Waals surface area contributed by atoms with Crippen LogP contribution in [0.25, 0.3) is 17.0 Å². The highest BCUT2D eigenvalue weighted by Crippen LogP contribution is 2.31. The largest absolute Gasteiger partial charge is 0.361 e. The van der Waals surface area contributed by atoms with Crippen molar-refractivity contribution in [1.29, 1.82) is 0 Å². The predicted octanol–water partition coefficient (Wildman–Crippen LogP) is 3.00. The summed E-state index contributed by atoms with van der Waals surface area (Å²) in [4.78, 5) is 13.9. The van der Waals surface area contributed by atoms with E-state index in [-0.39, 0.29) is 16.7 Å². The SMILES string of the molecule is C=Cc1cc([N+](=O)[O-])c2c(CC(N)CC)c[nH]c2c1. The maximum Gasteiger partial charge on any atom is 0.279 e. The summed E-state index contributed by atoms with van der Waals surface area (Å²) in [6.07, 6.45) is 4.88. The molecule has 1 heterocycles. The molecular weight excluding hydrogens is 242 g/mol. The monoisotopic (exact) mass is 259 g/mol. The van der Waals surface area contributed by atoms with Gasteiger partial charge in [0, 0.05) is 18.3 Å². The van der Waals surface area contributed by atoms with Crippen molar-refractivity contribution < 1.29 is 4.92 Å². The molecule has 2 aromatic rings. The molecule has 2 rings (SSSR count). The van der Waals surface area contributed by atoms with E-state index < -0.39 is 0 Å². The minimum atomic E-state index is -0.357. The van der Waals surface area contributed by atoms with Gasteiger partial charge < -0.3 is 10.7 Å². The topological polar surface area (TPSA) is 84.9 Å². The average molecular weight is 259 g/mol. The second-order valence-electron chi connectivity index (χ2n) is 4.61. The molecular formula is C14H17N3O2. The van der Waals surface area contributed by atoms with Crippen molar-refractivity contribution in [2.24, 2.45) is 5.73 Å². The van der Waals surface area contributed by atoms with Gasteiger partial charge in [-0.1, -0.05) is 19.6 Å². The van der Waals surface area contributed by atoms with Gasteiger partial charge in [0.2, 0.25) is 0 Å². The van der Waals surface area contributed by atoms with Crippen molar-refractivity contribution in [3.63, 3.8) is 0 Å². The molecule has 1 aromatic carbocycles. The van der Waals surface area contributed by atoms with E-state index in [1.165, 1.54) is 0 Å². The van der Waals surface area contributed by atoms with Crippen LogP contribution < -0.4 is 5.73 Å². The molecule has 0 spiro atoms. The van der Waals surface area contributed by atoms with Gasteiger partial charge in [0.15, 0.2) is 0 Å². The number of nitrogens with zero attached hydrogens (tertiary/aromatic N) is 1. The van der Waals surface area contributed by atoms with Gasteiger partial charge in [-0.2, -0.15) is 0 Å². The second-order valence-corrected chi connectivity index (χ2v) is 4.61. The Bertz CT molecular complexity index is 631. The molecule has 0 saturated carbocycles. The molecule has 100 valence electrons. The first-order valence-electron chi connectivity index (χ1n) is 6.23. The number of nitrogens with two attached hydrogens (primary N) is 1. The lowest BCUT2D eigenvalue weighted by Crippen LogP contribution is -2.21. The van der Waals surface area contributed by atoms with Crippen molar-refractivity contribution in [3.8, 4) is 0 Å². The van der Waals surface area contributed by atoms with E-state index in [4.69, 9.17) is 5.73 Å². The van der Waals surface area contributed by atoms with E-state index in [9.17, 15) is 10.1 Å². The van der Waals surface area contributed by atoms with Crippen LogP contribution in [0.15, 0.2) is 24.9 Å². The molecule has 3 N–H and O–H groups in total. The van der Waals surface area contributed by atoms with Gasteiger partial charge in [-0.15, -0.1) is 0 Å². The van der Waals surface area contributed by atoms with Crippen LogP contribution in [0, 0.1) is 10.1 Å². The molecule has 0 aliphatic carbocycles. The number of nitro groups is 1. The molecule has 0 fully saturated rings. The lowest BCUT2D eigenvalue weighted by atomic mass is 10.0. The number of hydrogen-bond acceptors (Lipinski definition) is 3. The molecule has 0 aliphatic rings. The zero-order valence-corrected chi connectivity index (χ0v) is 10.8. The number of H-pyrrole nitrogens is 1. The summed E-state index contributed by atoms with van der Waals surface area (Å²) in [6, 6.07) is 3.41. The lowest BCUT2D eigenvalue weighted by Gasteiger charge is -2.07. The van der Waals surface area contributed by atoms with Crippen molar-refractivity contribution in [3.05, 3.63) is 46.1 Å². The first-order chi connectivity index (χ1) is 9.06.